The second-order valence-corrected chi connectivity index (χ2v) is 8.15. The van der Waals surface area contributed by atoms with Crippen LogP contribution in [0.3, 0.4) is 0 Å². The van der Waals surface area contributed by atoms with Crippen molar-refractivity contribution in [2.45, 2.75) is 39.8 Å². The summed E-state index contributed by atoms with van der Waals surface area (Å²) < 4.78 is 16.9. The molecule has 1 N–H and O–H groups in total. The maximum absolute atomic E-state index is 12.4. The van der Waals surface area contributed by atoms with Crippen LogP contribution < -0.4 is 14.8 Å². The van der Waals surface area contributed by atoms with Crippen molar-refractivity contribution in [2.24, 2.45) is 0 Å². The Morgan fingerprint density at radius 2 is 1.88 bits per heavy atom. The minimum Gasteiger partial charge on any atom is -0.493 e. The van der Waals surface area contributed by atoms with E-state index in [0.29, 0.717) is 35.9 Å². The molecule has 2 aromatic carbocycles. The van der Waals surface area contributed by atoms with Crippen LogP contribution in [-0.4, -0.2) is 43.2 Å². The van der Waals surface area contributed by atoms with Gasteiger partial charge in [-0.2, -0.15) is 0 Å². The Bertz CT molecular complexity index is 1060. The SMILES string of the molecule is COc1cc(NC(=O)/C=C/c2cccc3ccoc23)ccc1OCCN(C(C)C)C(C)C. The van der Waals surface area contributed by atoms with Crippen molar-refractivity contribution in [3.8, 4) is 11.5 Å². The molecule has 0 aliphatic heterocycles. The molecule has 0 atom stereocenters. The Labute approximate surface area is 189 Å². The number of fused-ring (bicyclic) bond motifs is 1. The smallest absolute Gasteiger partial charge is 0.248 e. The van der Waals surface area contributed by atoms with Crippen LogP contribution in [0, 0.1) is 0 Å². The number of rotatable bonds is 10. The Morgan fingerprint density at radius 3 is 2.59 bits per heavy atom. The topological polar surface area (TPSA) is 63.9 Å². The lowest BCUT2D eigenvalue weighted by molar-refractivity contribution is -0.111. The van der Waals surface area contributed by atoms with E-state index in [0.717, 1.165) is 23.1 Å². The number of hydrogen-bond donors (Lipinski definition) is 1. The first-order valence-electron chi connectivity index (χ1n) is 10.9. The molecule has 3 aromatic rings. The van der Waals surface area contributed by atoms with Gasteiger partial charge in [0.1, 0.15) is 12.2 Å². The van der Waals surface area contributed by atoms with Crippen molar-refractivity contribution >= 4 is 28.6 Å². The zero-order valence-electron chi connectivity index (χ0n) is 19.4. The van der Waals surface area contributed by atoms with Crippen molar-refractivity contribution in [3.05, 3.63) is 60.4 Å². The average Bonchev–Trinajstić information content (AvgIpc) is 3.24. The highest BCUT2D eigenvalue weighted by Crippen LogP contribution is 2.30. The molecule has 0 saturated carbocycles. The number of para-hydroxylation sites is 1. The van der Waals surface area contributed by atoms with E-state index in [-0.39, 0.29) is 5.91 Å². The molecule has 170 valence electrons. The van der Waals surface area contributed by atoms with Gasteiger partial charge in [0.05, 0.1) is 13.4 Å². The molecule has 0 saturated heterocycles. The predicted octanol–water partition coefficient (Wildman–Crippen LogP) is 5.59. The Hall–Kier alpha value is -3.25. The maximum Gasteiger partial charge on any atom is 0.248 e. The molecule has 0 spiro atoms. The van der Waals surface area contributed by atoms with Crippen LogP contribution >= 0.6 is 0 Å². The van der Waals surface area contributed by atoms with E-state index >= 15 is 0 Å². The van der Waals surface area contributed by atoms with Gasteiger partial charge in [0.15, 0.2) is 11.5 Å². The number of carbonyl (C=O) groups excluding carboxylic acids is 1. The summed E-state index contributed by atoms with van der Waals surface area (Å²) in [5.74, 6) is 0.986. The molecule has 0 bridgehead atoms. The zero-order valence-corrected chi connectivity index (χ0v) is 19.4. The van der Waals surface area contributed by atoms with Gasteiger partial charge in [-0.25, -0.2) is 0 Å². The normalized spacial score (nSPS) is 11.8. The first-order valence-corrected chi connectivity index (χ1v) is 10.9. The minimum absolute atomic E-state index is 0.242. The summed E-state index contributed by atoms with van der Waals surface area (Å²) in [6.45, 7) is 10.1. The predicted molar refractivity (Wildman–Crippen MR) is 129 cm³/mol. The Balaban J connectivity index is 1.61. The van der Waals surface area contributed by atoms with Crippen molar-refractivity contribution in [3.63, 3.8) is 0 Å². The molecule has 1 heterocycles. The molecular weight excluding hydrogens is 404 g/mol. The third kappa shape index (κ3) is 5.92. The quantitative estimate of drug-likeness (QED) is 0.420. The number of anilines is 1. The fourth-order valence-electron chi connectivity index (χ4n) is 3.74. The Kier molecular flexibility index (Phi) is 7.95. The molecule has 0 radical (unpaired) electrons. The fraction of sp³-hybridized carbons (Fsp3) is 0.346. The Morgan fingerprint density at radius 1 is 1.09 bits per heavy atom. The molecule has 1 amide bonds. The second-order valence-electron chi connectivity index (χ2n) is 8.15. The molecule has 0 unspecified atom stereocenters. The molecule has 3 rings (SSSR count). The minimum atomic E-state index is -0.242. The summed E-state index contributed by atoms with van der Waals surface area (Å²) >= 11 is 0. The number of methoxy groups -OCH3 is 1. The van der Waals surface area contributed by atoms with Gasteiger partial charge in [0.2, 0.25) is 5.91 Å². The number of nitrogens with one attached hydrogen (secondary N) is 1. The fourth-order valence-corrected chi connectivity index (χ4v) is 3.74. The summed E-state index contributed by atoms with van der Waals surface area (Å²) in [7, 11) is 1.59. The van der Waals surface area contributed by atoms with Crippen molar-refractivity contribution < 1.29 is 18.7 Å². The van der Waals surface area contributed by atoms with Gasteiger partial charge in [-0.05, 0) is 52.0 Å². The maximum atomic E-state index is 12.4. The lowest BCUT2D eigenvalue weighted by atomic mass is 10.1. The third-order valence-electron chi connectivity index (χ3n) is 5.29. The number of carbonyl (C=O) groups is 1. The van der Waals surface area contributed by atoms with Crippen LogP contribution in [0.1, 0.15) is 33.3 Å². The first-order chi connectivity index (χ1) is 15.4. The van der Waals surface area contributed by atoms with Gasteiger partial charge in [0, 0.05) is 47.4 Å². The molecule has 0 fully saturated rings. The highest BCUT2D eigenvalue weighted by molar-refractivity contribution is 6.03. The highest BCUT2D eigenvalue weighted by atomic mass is 16.5. The average molecular weight is 437 g/mol. The van der Waals surface area contributed by atoms with Gasteiger partial charge in [-0.1, -0.05) is 18.2 Å². The van der Waals surface area contributed by atoms with E-state index in [2.05, 4.69) is 37.9 Å². The van der Waals surface area contributed by atoms with Crippen molar-refractivity contribution in [1.82, 2.24) is 4.90 Å². The molecule has 6 heteroatoms. The molecule has 0 aliphatic carbocycles. The summed E-state index contributed by atoms with van der Waals surface area (Å²) in [5, 5.41) is 3.86. The summed E-state index contributed by atoms with van der Waals surface area (Å²) in [5.41, 5.74) is 2.24. The number of ether oxygens (including phenoxy) is 2. The number of nitrogens with zero attached hydrogens (tertiary/aromatic N) is 1. The summed E-state index contributed by atoms with van der Waals surface area (Å²) in [4.78, 5) is 14.8. The summed E-state index contributed by atoms with van der Waals surface area (Å²) in [6.07, 6.45) is 4.87. The van der Waals surface area contributed by atoms with Crippen LogP contribution in [0.15, 0.2) is 59.2 Å². The van der Waals surface area contributed by atoms with Gasteiger partial charge in [-0.3, -0.25) is 9.69 Å². The molecule has 0 aliphatic rings. The third-order valence-corrected chi connectivity index (χ3v) is 5.29. The lowest BCUT2D eigenvalue weighted by Gasteiger charge is -2.30. The second kappa shape index (κ2) is 10.9. The van der Waals surface area contributed by atoms with Crippen molar-refractivity contribution in [1.29, 1.82) is 0 Å². The number of furan rings is 1. The van der Waals surface area contributed by atoms with Crippen LogP contribution in [0.25, 0.3) is 17.0 Å². The molecular formula is C26H32N2O4. The largest absolute Gasteiger partial charge is 0.493 e. The van der Waals surface area contributed by atoms with Gasteiger partial charge in [0.25, 0.3) is 0 Å². The lowest BCUT2D eigenvalue weighted by Crippen LogP contribution is -2.39. The number of amides is 1. The van der Waals surface area contributed by atoms with Crippen molar-refractivity contribution in [2.75, 3.05) is 25.6 Å². The van der Waals surface area contributed by atoms with E-state index in [1.54, 1.807) is 31.6 Å². The molecule has 1 aromatic heterocycles. The van der Waals surface area contributed by atoms with Gasteiger partial charge in [-0.15, -0.1) is 0 Å². The zero-order chi connectivity index (χ0) is 23.1. The van der Waals surface area contributed by atoms with Crippen LogP contribution in [0.2, 0.25) is 0 Å². The monoisotopic (exact) mass is 436 g/mol. The number of benzene rings is 2. The van der Waals surface area contributed by atoms with Gasteiger partial charge >= 0.3 is 0 Å². The van der Waals surface area contributed by atoms with E-state index in [4.69, 9.17) is 13.9 Å². The van der Waals surface area contributed by atoms with Crippen LogP contribution in [0.4, 0.5) is 5.69 Å². The molecule has 32 heavy (non-hydrogen) atoms. The van der Waals surface area contributed by atoms with E-state index in [9.17, 15) is 4.79 Å². The highest BCUT2D eigenvalue weighted by Gasteiger charge is 2.14. The van der Waals surface area contributed by atoms with E-state index in [1.165, 1.54) is 6.08 Å². The number of hydrogen-bond acceptors (Lipinski definition) is 5. The summed E-state index contributed by atoms with van der Waals surface area (Å²) in [6, 6.07) is 14.0. The van der Waals surface area contributed by atoms with Crippen LogP contribution in [0.5, 0.6) is 11.5 Å². The standard InChI is InChI=1S/C26H32N2O4/c1-18(2)28(19(3)4)14-16-31-23-11-10-22(17-24(23)30-5)27-25(29)12-9-20-7-6-8-21-13-15-32-26(20)21/h6-13,15,17-19H,14,16H2,1-5H3,(H,27,29)/b12-9+. The molecule has 6 nitrogen and oxygen atoms in total. The first kappa shape index (κ1) is 23.4. The van der Waals surface area contributed by atoms with E-state index in [1.807, 2.05) is 30.3 Å². The van der Waals surface area contributed by atoms with E-state index < -0.39 is 0 Å². The van der Waals surface area contributed by atoms with Crippen LogP contribution in [-0.2, 0) is 4.79 Å². The van der Waals surface area contributed by atoms with Gasteiger partial charge < -0.3 is 19.2 Å².